The number of hydrogen-bond acceptors (Lipinski definition) is 3. The van der Waals surface area contributed by atoms with Crippen LogP contribution in [0.3, 0.4) is 0 Å². The minimum Gasteiger partial charge on any atom is -0.309 e. The maximum atomic E-state index is 9.58. The van der Waals surface area contributed by atoms with E-state index in [1.807, 2.05) is 84.9 Å². The van der Waals surface area contributed by atoms with Crippen LogP contribution >= 0.6 is 0 Å². The van der Waals surface area contributed by atoms with Crippen molar-refractivity contribution in [3.8, 4) is 86.4 Å². The number of para-hydroxylation sites is 2. The van der Waals surface area contributed by atoms with Crippen LogP contribution < -0.4 is 0 Å². The highest BCUT2D eigenvalue weighted by atomic mass is 15.0. The molecule has 0 unspecified atom stereocenters. The topological polar surface area (TPSA) is 81.2 Å². The predicted molar refractivity (Wildman–Crippen MR) is 259 cm³/mol. The summed E-state index contributed by atoms with van der Waals surface area (Å²) in [5, 5.41) is 33.3. The van der Waals surface area contributed by atoms with Gasteiger partial charge in [-0.2, -0.15) is 15.8 Å². The molecule has 2 aromatic heterocycles. The van der Waals surface area contributed by atoms with Crippen molar-refractivity contribution in [1.29, 1.82) is 15.8 Å². The summed E-state index contributed by atoms with van der Waals surface area (Å²) in [6.45, 7) is 0. The molecular weight excluding hydrogens is 779 g/mol. The van der Waals surface area contributed by atoms with Gasteiger partial charge in [-0.1, -0.05) is 90.8 Å². The summed E-state index contributed by atoms with van der Waals surface area (Å²) in [6, 6.07) is 73.0. The van der Waals surface area contributed by atoms with Crippen LogP contribution in [0, 0.1) is 46.3 Å². The molecule has 0 atom stereocenters. The van der Waals surface area contributed by atoms with Gasteiger partial charge in [0.25, 0.3) is 0 Å². The van der Waals surface area contributed by atoms with Gasteiger partial charge >= 0.3 is 0 Å². The SMILES string of the molecule is C#Cc1ccc(-c2cc(-c3ccc(C#N)cc3)cc(-n3c4ccccc4c4c5c6ccccc6n(-c6cc(-c7ccc(C#N)cc7)cc(-c7ccc(C#N)cc7)c6)c5ccc43)c2)cc1. The lowest BCUT2D eigenvalue weighted by atomic mass is 9.96. The van der Waals surface area contributed by atoms with Crippen molar-refractivity contribution in [2.45, 2.75) is 0 Å². The van der Waals surface area contributed by atoms with E-state index in [-0.39, 0.29) is 0 Å². The van der Waals surface area contributed by atoms with Gasteiger partial charge in [0, 0.05) is 38.5 Å². The van der Waals surface area contributed by atoms with Crippen LogP contribution in [-0.4, -0.2) is 9.13 Å². The summed E-state index contributed by atoms with van der Waals surface area (Å²) in [4.78, 5) is 0. The first-order valence-electron chi connectivity index (χ1n) is 20.9. The summed E-state index contributed by atoms with van der Waals surface area (Å²) >= 11 is 0. The Bertz CT molecular complexity index is 3430. The molecule has 0 amide bonds. The number of nitrogens with zero attached hydrogens (tertiary/aromatic N) is 5. The summed E-state index contributed by atoms with van der Waals surface area (Å²) in [5.74, 6) is 2.74. The van der Waals surface area contributed by atoms with Crippen LogP contribution in [0.1, 0.15) is 22.3 Å². The van der Waals surface area contributed by atoms with E-state index in [1.165, 1.54) is 0 Å². The maximum Gasteiger partial charge on any atom is 0.0991 e. The molecule has 0 N–H and O–H groups in total. The average molecular weight is 812 g/mol. The lowest BCUT2D eigenvalue weighted by molar-refractivity contribution is 1.17. The van der Waals surface area contributed by atoms with E-state index in [1.54, 1.807) is 0 Å². The van der Waals surface area contributed by atoms with Crippen LogP contribution in [0.2, 0.25) is 0 Å². The second kappa shape index (κ2) is 15.3. The van der Waals surface area contributed by atoms with Gasteiger partial charge in [-0.3, -0.25) is 0 Å². The molecule has 0 radical (unpaired) electrons. The lowest BCUT2D eigenvalue weighted by Crippen LogP contribution is -1.97. The number of benzene rings is 9. The third-order valence-corrected chi connectivity index (χ3v) is 12.3. The third-order valence-electron chi connectivity index (χ3n) is 12.3. The van der Waals surface area contributed by atoms with Crippen molar-refractivity contribution in [3.05, 3.63) is 216 Å². The largest absolute Gasteiger partial charge is 0.309 e. The van der Waals surface area contributed by atoms with E-state index in [0.717, 1.165) is 105 Å². The van der Waals surface area contributed by atoms with E-state index >= 15 is 0 Å². The Morgan fingerprint density at radius 2 is 0.625 bits per heavy atom. The van der Waals surface area contributed by atoms with Gasteiger partial charge in [0.15, 0.2) is 0 Å². The first kappa shape index (κ1) is 37.6. The Hall–Kier alpha value is -9.39. The van der Waals surface area contributed by atoms with E-state index in [4.69, 9.17) is 6.42 Å². The molecule has 5 heteroatoms. The smallest absolute Gasteiger partial charge is 0.0991 e. The molecule has 11 rings (SSSR count). The van der Waals surface area contributed by atoms with Crippen molar-refractivity contribution in [3.63, 3.8) is 0 Å². The first-order chi connectivity index (χ1) is 31.5. The second-order valence-electron chi connectivity index (χ2n) is 15.9. The Balaban J connectivity index is 1.18. The monoisotopic (exact) mass is 811 g/mol. The van der Waals surface area contributed by atoms with Crippen molar-refractivity contribution >= 4 is 43.6 Å². The molecule has 0 fully saturated rings. The molecule has 294 valence electrons. The Morgan fingerprint density at radius 1 is 0.312 bits per heavy atom. The fourth-order valence-electron chi connectivity index (χ4n) is 9.19. The Kier molecular flexibility index (Phi) is 8.96. The van der Waals surface area contributed by atoms with E-state index < -0.39 is 0 Å². The summed E-state index contributed by atoms with van der Waals surface area (Å²) in [7, 11) is 0. The van der Waals surface area contributed by atoms with Gasteiger partial charge in [0.1, 0.15) is 0 Å². The third kappa shape index (κ3) is 6.26. The molecular formula is C59H33N5. The van der Waals surface area contributed by atoms with Crippen molar-refractivity contribution in [1.82, 2.24) is 9.13 Å². The number of rotatable bonds is 6. The van der Waals surface area contributed by atoms with Gasteiger partial charge < -0.3 is 9.13 Å². The number of terminal acetylenes is 1. The lowest BCUT2D eigenvalue weighted by Gasteiger charge is -2.15. The van der Waals surface area contributed by atoms with Gasteiger partial charge in [0.05, 0.1) is 57.0 Å². The molecule has 2 heterocycles. The summed E-state index contributed by atoms with van der Waals surface area (Å²) in [5.41, 5.74) is 17.1. The fraction of sp³-hybridized carbons (Fsp3) is 0. The number of nitriles is 3. The molecule has 0 aliphatic rings. The minimum atomic E-state index is 0.605. The van der Waals surface area contributed by atoms with E-state index in [0.29, 0.717) is 16.7 Å². The van der Waals surface area contributed by atoms with Crippen LogP contribution in [0.25, 0.3) is 99.5 Å². The highest BCUT2D eigenvalue weighted by Gasteiger charge is 2.22. The molecule has 0 bridgehead atoms. The van der Waals surface area contributed by atoms with Crippen LogP contribution in [0.4, 0.5) is 0 Å². The fourth-order valence-corrected chi connectivity index (χ4v) is 9.19. The molecule has 5 nitrogen and oxygen atoms in total. The normalized spacial score (nSPS) is 11.1. The number of aromatic nitrogens is 2. The molecule has 0 aliphatic carbocycles. The van der Waals surface area contributed by atoms with E-state index in [9.17, 15) is 15.8 Å². The number of fused-ring (bicyclic) bond motifs is 7. The standard InChI is InChI=1S/C59H33N5/c1-2-38-11-19-42(20-12-38)46-29-47(43-21-13-39(35-60)14-22-43)32-50(31-46)63-54-9-5-3-7-52(54)58-56(63)27-28-57-59(58)53-8-4-6-10-55(53)64(57)51-33-48(44-23-15-40(36-61)16-24-44)30-49(34-51)45-25-17-41(37-62)18-26-45/h1,3-34H. The van der Waals surface area contributed by atoms with Crippen LogP contribution in [-0.2, 0) is 0 Å². The minimum absolute atomic E-state index is 0.605. The van der Waals surface area contributed by atoms with Gasteiger partial charge in [-0.15, -0.1) is 6.42 Å². The zero-order valence-electron chi connectivity index (χ0n) is 34.3. The zero-order chi connectivity index (χ0) is 43.3. The molecule has 0 spiro atoms. The van der Waals surface area contributed by atoms with Crippen molar-refractivity contribution in [2.75, 3.05) is 0 Å². The van der Waals surface area contributed by atoms with Crippen molar-refractivity contribution in [2.24, 2.45) is 0 Å². The van der Waals surface area contributed by atoms with Gasteiger partial charge in [-0.25, -0.2) is 0 Å². The van der Waals surface area contributed by atoms with E-state index in [2.05, 4.69) is 142 Å². The quantitative estimate of drug-likeness (QED) is 0.157. The summed E-state index contributed by atoms with van der Waals surface area (Å²) in [6.07, 6.45) is 5.75. The zero-order valence-corrected chi connectivity index (χ0v) is 34.3. The van der Waals surface area contributed by atoms with Crippen LogP contribution in [0.5, 0.6) is 0 Å². The molecule has 0 saturated carbocycles. The molecule has 0 saturated heterocycles. The summed E-state index contributed by atoms with van der Waals surface area (Å²) < 4.78 is 4.73. The Labute approximate surface area is 369 Å². The maximum absolute atomic E-state index is 9.58. The van der Waals surface area contributed by atoms with Gasteiger partial charge in [-0.05, 0) is 154 Å². The average Bonchev–Trinajstić information content (AvgIpc) is 3.89. The Morgan fingerprint density at radius 3 is 0.938 bits per heavy atom. The highest BCUT2D eigenvalue weighted by Crippen LogP contribution is 2.44. The van der Waals surface area contributed by atoms with Gasteiger partial charge in [0.2, 0.25) is 0 Å². The molecule has 11 aromatic rings. The second-order valence-corrected chi connectivity index (χ2v) is 15.9. The molecule has 0 aliphatic heterocycles. The van der Waals surface area contributed by atoms with Crippen LogP contribution in [0.15, 0.2) is 194 Å². The molecule has 9 aromatic carbocycles. The van der Waals surface area contributed by atoms with Crippen molar-refractivity contribution < 1.29 is 0 Å². The highest BCUT2D eigenvalue weighted by molar-refractivity contribution is 6.29. The first-order valence-corrected chi connectivity index (χ1v) is 20.9. The predicted octanol–water partition coefficient (Wildman–Crippen LogP) is 14.1. The molecule has 64 heavy (non-hydrogen) atoms. The number of hydrogen-bond donors (Lipinski definition) is 0.